The van der Waals surface area contributed by atoms with Crippen LogP contribution in [0.5, 0.6) is 0 Å². The molecular formula is C12H19N3O2. The lowest BCUT2D eigenvalue weighted by Crippen LogP contribution is -2.10. The third-order valence-electron chi connectivity index (χ3n) is 3.37. The van der Waals surface area contributed by atoms with Gasteiger partial charge in [-0.05, 0) is 25.7 Å². The largest absolute Gasteiger partial charge is 0.461 e. The normalized spacial score (nSPS) is 21.3. The van der Waals surface area contributed by atoms with Gasteiger partial charge in [0.1, 0.15) is 11.6 Å². The van der Waals surface area contributed by atoms with E-state index >= 15 is 0 Å². The molecule has 1 aromatic rings. The van der Waals surface area contributed by atoms with Gasteiger partial charge >= 0.3 is 5.97 Å². The highest BCUT2D eigenvalue weighted by Gasteiger charge is 2.48. The minimum atomic E-state index is -0.440. The topological polar surface area (TPSA) is 70.1 Å². The van der Waals surface area contributed by atoms with E-state index in [1.54, 1.807) is 6.92 Å². The Morgan fingerprint density at radius 3 is 2.71 bits per heavy atom. The quantitative estimate of drug-likeness (QED) is 0.815. The van der Waals surface area contributed by atoms with Crippen LogP contribution in [0.25, 0.3) is 0 Å². The summed E-state index contributed by atoms with van der Waals surface area (Å²) >= 11 is 0. The Kier molecular flexibility index (Phi) is 2.64. The van der Waals surface area contributed by atoms with Gasteiger partial charge in [0.25, 0.3) is 0 Å². The van der Waals surface area contributed by atoms with Crippen molar-refractivity contribution in [2.45, 2.75) is 40.2 Å². The number of anilines is 1. The number of carbonyl (C=O) groups is 1. The molecule has 1 aromatic heterocycles. The predicted molar refractivity (Wildman–Crippen MR) is 64.8 cm³/mol. The van der Waals surface area contributed by atoms with Gasteiger partial charge in [0.05, 0.1) is 6.61 Å². The molecule has 0 spiro atoms. The number of nitrogens with zero attached hydrogens (tertiary/aromatic N) is 2. The zero-order valence-corrected chi connectivity index (χ0v) is 10.8. The van der Waals surface area contributed by atoms with E-state index in [1.165, 1.54) is 0 Å². The van der Waals surface area contributed by atoms with Crippen LogP contribution in [-0.4, -0.2) is 22.1 Å². The molecule has 5 heteroatoms. The van der Waals surface area contributed by atoms with E-state index < -0.39 is 5.97 Å². The molecule has 0 aromatic carbocycles. The van der Waals surface area contributed by atoms with Crippen molar-refractivity contribution in [2.75, 3.05) is 12.3 Å². The average molecular weight is 237 g/mol. The van der Waals surface area contributed by atoms with Crippen LogP contribution in [0, 0.1) is 12.3 Å². The smallest absolute Gasteiger partial charge is 0.360 e. The number of aryl methyl sites for hydroxylation is 1. The van der Waals surface area contributed by atoms with Gasteiger partial charge in [-0.15, -0.1) is 0 Å². The molecule has 2 rings (SSSR count). The summed E-state index contributed by atoms with van der Waals surface area (Å²) in [5, 5.41) is 0. The Labute approximate surface area is 101 Å². The molecule has 5 nitrogen and oxygen atoms in total. The first-order valence-electron chi connectivity index (χ1n) is 5.90. The molecule has 0 bridgehead atoms. The maximum Gasteiger partial charge on any atom is 0.360 e. The molecule has 1 aliphatic rings. The van der Waals surface area contributed by atoms with Crippen molar-refractivity contribution in [1.82, 2.24) is 9.55 Å². The van der Waals surface area contributed by atoms with Gasteiger partial charge in [-0.3, -0.25) is 0 Å². The Morgan fingerprint density at radius 2 is 2.24 bits per heavy atom. The van der Waals surface area contributed by atoms with Crippen LogP contribution in [0.3, 0.4) is 0 Å². The molecular weight excluding hydrogens is 218 g/mol. The zero-order chi connectivity index (χ0) is 12.8. The van der Waals surface area contributed by atoms with Crippen LogP contribution in [0.4, 0.5) is 5.82 Å². The number of hydrogen-bond acceptors (Lipinski definition) is 4. The Balaban J connectivity index is 2.33. The fourth-order valence-corrected chi connectivity index (χ4v) is 2.18. The summed E-state index contributed by atoms with van der Waals surface area (Å²) in [5.41, 5.74) is 6.48. The molecule has 94 valence electrons. The van der Waals surface area contributed by atoms with Crippen LogP contribution >= 0.6 is 0 Å². The van der Waals surface area contributed by atoms with Gasteiger partial charge in [-0.2, -0.15) is 0 Å². The molecule has 1 aliphatic carbocycles. The SMILES string of the molecule is CCOC(=O)c1nc(C)n(C2CC2(C)C)c1N. The third kappa shape index (κ3) is 1.90. The van der Waals surface area contributed by atoms with E-state index in [-0.39, 0.29) is 11.1 Å². The minimum Gasteiger partial charge on any atom is -0.461 e. The number of nitrogens with two attached hydrogens (primary N) is 1. The molecule has 1 fully saturated rings. The lowest BCUT2D eigenvalue weighted by Gasteiger charge is -2.09. The molecule has 1 heterocycles. The fraction of sp³-hybridized carbons (Fsp3) is 0.667. The van der Waals surface area contributed by atoms with E-state index in [0.29, 0.717) is 18.5 Å². The second-order valence-corrected chi connectivity index (χ2v) is 5.19. The van der Waals surface area contributed by atoms with Crippen molar-refractivity contribution >= 4 is 11.8 Å². The van der Waals surface area contributed by atoms with Gasteiger partial charge in [0, 0.05) is 6.04 Å². The second kappa shape index (κ2) is 3.75. The highest BCUT2D eigenvalue weighted by atomic mass is 16.5. The summed E-state index contributed by atoms with van der Waals surface area (Å²) in [6.45, 7) is 8.33. The first kappa shape index (κ1) is 12.0. The van der Waals surface area contributed by atoms with Gasteiger partial charge < -0.3 is 15.0 Å². The second-order valence-electron chi connectivity index (χ2n) is 5.19. The minimum absolute atomic E-state index is 0.242. The monoisotopic (exact) mass is 237 g/mol. The Morgan fingerprint density at radius 1 is 1.65 bits per heavy atom. The molecule has 0 radical (unpaired) electrons. The first-order chi connectivity index (χ1) is 7.88. The Bertz CT molecular complexity index is 463. The fourth-order valence-electron chi connectivity index (χ4n) is 2.18. The van der Waals surface area contributed by atoms with Crippen LogP contribution in [0.1, 0.15) is 49.5 Å². The van der Waals surface area contributed by atoms with Crippen molar-refractivity contribution in [3.63, 3.8) is 0 Å². The van der Waals surface area contributed by atoms with Crippen molar-refractivity contribution in [3.05, 3.63) is 11.5 Å². The summed E-state index contributed by atoms with van der Waals surface area (Å²) in [6.07, 6.45) is 1.07. The maximum atomic E-state index is 11.7. The number of imidazole rings is 1. The van der Waals surface area contributed by atoms with Gasteiger partial charge in [-0.25, -0.2) is 9.78 Å². The van der Waals surface area contributed by atoms with Gasteiger partial charge in [-0.1, -0.05) is 13.8 Å². The van der Waals surface area contributed by atoms with Crippen LogP contribution in [-0.2, 0) is 4.74 Å². The summed E-state index contributed by atoms with van der Waals surface area (Å²) in [7, 11) is 0. The third-order valence-corrected chi connectivity index (χ3v) is 3.37. The van der Waals surface area contributed by atoms with Gasteiger partial charge in [0.15, 0.2) is 5.69 Å². The summed E-state index contributed by atoms with van der Waals surface area (Å²) in [5.74, 6) is 0.767. The number of nitrogen functional groups attached to an aromatic ring is 1. The molecule has 0 aliphatic heterocycles. The number of carbonyl (C=O) groups excluding carboxylic acids is 1. The molecule has 2 N–H and O–H groups in total. The highest BCUT2D eigenvalue weighted by Crippen LogP contribution is 2.56. The molecule has 1 saturated carbocycles. The van der Waals surface area contributed by atoms with E-state index in [9.17, 15) is 4.79 Å². The maximum absolute atomic E-state index is 11.7. The van der Waals surface area contributed by atoms with Gasteiger partial charge in [0.2, 0.25) is 0 Å². The predicted octanol–water partition coefficient (Wildman–Crippen LogP) is 1.92. The van der Waals surface area contributed by atoms with Crippen LogP contribution < -0.4 is 5.73 Å². The molecule has 1 unspecified atom stereocenters. The van der Waals surface area contributed by atoms with E-state index in [4.69, 9.17) is 10.5 Å². The summed E-state index contributed by atoms with van der Waals surface area (Å²) in [4.78, 5) is 15.9. The summed E-state index contributed by atoms with van der Waals surface area (Å²) < 4.78 is 6.89. The molecule has 0 amide bonds. The molecule has 0 saturated heterocycles. The van der Waals surface area contributed by atoms with Crippen molar-refractivity contribution in [3.8, 4) is 0 Å². The van der Waals surface area contributed by atoms with E-state index in [1.807, 2.05) is 11.5 Å². The van der Waals surface area contributed by atoms with Crippen molar-refractivity contribution < 1.29 is 9.53 Å². The Hall–Kier alpha value is -1.52. The number of aromatic nitrogens is 2. The first-order valence-corrected chi connectivity index (χ1v) is 5.90. The van der Waals surface area contributed by atoms with E-state index in [2.05, 4.69) is 18.8 Å². The standard InChI is InChI=1S/C12H19N3O2/c1-5-17-11(16)9-10(13)15(7(2)14-9)8-6-12(8,3)4/h8H,5-6,13H2,1-4H3. The summed E-state index contributed by atoms with van der Waals surface area (Å²) in [6, 6.07) is 0.346. The van der Waals surface area contributed by atoms with Crippen LogP contribution in [0.2, 0.25) is 0 Å². The number of esters is 1. The number of ether oxygens (including phenoxy) is 1. The number of rotatable bonds is 3. The highest BCUT2D eigenvalue weighted by molar-refractivity contribution is 5.92. The molecule has 17 heavy (non-hydrogen) atoms. The van der Waals surface area contributed by atoms with Crippen molar-refractivity contribution in [1.29, 1.82) is 0 Å². The zero-order valence-electron chi connectivity index (χ0n) is 10.8. The molecule has 1 atom stereocenters. The average Bonchev–Trinajstić information content (AvgIpc) is 2.72. The van der Waals surface area contributed by atoms with Crippen LogP contribution in [0.15, 0.2) is 0 Å². The number of hydrogen-bond donors (Lipinski definition) is 1. The van der Waals surface area contributed by atoms with Crippen molar-refractivity contribution in [2.24, 2.45) is 5.41 Å². The van der Waals surface area contributed by atoms with E-state index in [0.717, 1.165) is 12.2 Å². The lowest BCUT2D eigenvalue weighted by molar-refractivity contribution is 0.0521. The lowest BCUT2D eigenvalue weighted by atomic mass is 10.2.